The van der Waals surface area contributed by atoms with Crippen LogP contribution in [0.5, 0.6) is 17.2 Å². The van der Waals surface area contributed by atoms with Gasteiger partial charge in [-0.2, -0.15) is 4.31 Å². The molecule has 0 fully saturated rings. The van der Waals surface area contributed by atoms with E-state index in [9.17, 15) is 23.4 Å². The van der Waals surface area contributed by atoms with Gasteiger partial charge >= 0.3 is 6.09 Å². The Bertz CT molecular complexity index is 1410. The van der Waals surface area contributed by atoms with Gasteiger partial charge in [0.25, 0.3) is 0 Å². The van der Waals surface area contributed by atoms with E-state index in [2.05, 4.69) is 17.4 Å². The summed E-state index contributed by atoms with van der Waals surface area (Å²) in [4.78, 5) is 11.6. The van der Waals surface area contributed by atoms with Crippen LogP contribution in [0.25, 0.3) is 0 Å². The second-order valence-electron chi connectivity index (χ2n) is 10.6. The predicted octanol–water partition coefficient (Wildman–Crippen LogP) is 4.31. The largest absolute Gasteiger partial charge is 0.494 e. The highest BCUT2D eigenvalue weighted by Crippen LogP contribution is 2.35. The van der Waals surface area contributed by atoms with Gasteiger partial charge in [0.15, 0.2) is 11.5 Å². The van der Waals surface area contributed by atoms with E-state index in [1.165, 1.54) is 28.1 Å². The van der Waals surface area contributed by atoms with Gasteiger partial charge < -0.3 is 29.7 Å². The first-order chi connectivity index (χ1) is 20.1. The molecule has 42 heavy (non-hydrogen) atoms. The Balaban J connectivity index is 1.40. The van der Waals surface area contributed by atoms with E-state index in [1.54, 1.807) is 12.1 Å². The topological polar surface area (TPSA) is 135 Å². The molecule has 1 aliphatic heterocycles. The number of aryl methyl sites for hydroxylation is 1. The third-order valence-corrected chi connectivity index (χ3v) is 8.64. The summed E-state index contributed by atoms with van der Waals surface area (Å²) in [6, 6.07) is 20.8. The van der Waals surface area contributed by atoms with Gasteiger partial charge in [-0.05, 0) is 60.6 Å². The van der Waals surface area contributed by atoms with Gasteiger partial charge in [0, 0.05) is 19.2 Å². The third kappa shape index (κ3) is 8.60. The van der Waals surface area contributed by atoms with Crippen molar-refractivity contribution < 1.29 is 37.6 Å². The lowest BCUT2D eigenvalue weighted by Gasteiger charge is -2.30. The smallest absolute Gasteiger partial charge is 0.404 e. The summed E-state index contributed by atoms with van der Waals surface area (Å²) >= 11 is 0. The molecular weight excluding hydrogens is 560 g/mol. The lowest BCUT2D eigenvalue weighted by molar-refractivity contribution is 0.0980. The van der Waals surface area contributed by atoms with Crippen molar-refractivity contribution in [1.29, 1.82) is 0 Å². The number of carboxylic acid groups (broad SMARTS) is 1. The maximum absolute atomic E-state index is 13.6. The predicted molar refractivity (Wildman–Crippen MR) is 158 cm³/mol. The Morgan fingerprint density at radius 1 is 0.976 bits per heavy atom. The molecule has 0 saturated heterocycles. The maximum atomic E-state index is 13.6. The Hall–Kier alpha value is -3.80. The van der Waals surface area contributed by atoms with Crippen molar-refractivity contribution in [2.45, 2.75) is 50.2 Å². The van der Waals surface area contributed by atoms with Gasteiger partial charge in [0.1, 0.15) is 5.75 Å². The lowest BCUT2D eigenvalue weighted by atomic mass is 10.0. The highest BCUT2D eigenvalue weighted by molar-refractivity contribution is 7.89. The van der Waals surface area contributed by atoms with Crippen LogP contribution in [0.15, 0.2) is 77.7 Å². The molecule has 10 nitrogen and oxygen atoms in total. The minimum absolute atomic E-state index is 0.00157. The molecule has 3 aromatic rings. The Kier molecular flexibility index (Phi) is 10.7. The first-order valence-electron chi connectivity index (χ1n) is 13.9. The molecule has 2 atom stereocenters. The first-order valence-corrected chi connectivity index (χ1v) is 15.4. The van der Waals surface area contributed by atoms with Crippen LogP contribution in [-0.4, -0.2) is 67.7 Å². The summed E-state index contributed by atoms with van der Waals surface area (Å²) in [5.74, 6) is 1.43. The molecule has 1 heterocycles. The van der Waals surface area contributed by atoms with Gasteiger partial charge in [-0.1, -0.05) is 56.3 Å². The monoisotopic (exact) mass is 598 g/mol. The lowest BCUT2D eigenvalue weighted by Crippen LogP contribution is -2.50. The third-order valence-electron chi connectivity index (χ3n) is 6.81. The fourth-order valence-electron chi connectivity index (χ4n) is 4.73. The summed E-state index contributed by atoms with van der Waals surface area (Å²) in [5, 5.41) is 23.0. The van der Waals surface area contributed by atoms with Crippen molar-refractivity contribution in [1.82, 2.24) is 9.62 Å². The minimum Gasteiger partial charge on any atom is -0.494 e. The van der Waals surface area contributed by atoms with E-state index in [-0.39, 0.29) is 37.1 Å². The van der Waals surface area contributed by atoms with Gasteiger partial charge in [0.2, 0.25) is 16.8 Å². The van der Waals surface area contributed by atoms with Crippen molar-refractivity contribution in [3.05, 3.63) is 83.9 Å². The quantitative estimate of drug-likeness (QED) is 0.220. The maximum Gasteiger partial charge on any atom is 0.404 e. The fraction of sp³-hybridized carbons (Fsp3) is 0.387. The average molecular weight is 599 g/mol. The number of fused-ring (bicyclic) bond motifs is 1. The van der Waals surface area contributed by atoms with E-state index in [1.807, 2.05) is 44.2 Å². The summed E-state index contributed by atoms with van der Waals surface area (Å²) < 4.78 is 44.9. The van der Waals surface area contributed by atoms with Crippen molar-refractivity contribution in [3.63, 3.8) is 0 Å². The van der Waals surface area contributed by atoms with Crippen molar-refractivity contribution in [3.8, 4) is 17.2 Å². The number of aliphatic hydroxyl groups excluding tert-OH is 1. The molecule has 3 N–H and O–H groups in total. The number of nitrogens with zero attached hydrogens (tertiary/aromatic N) is 1. The Labute approximate surface area is 246 Å². The second-order valence-corrected chi connectivity index (χ2v) is 12.6. The molecule has 11 heteroatoms. The molecule has 0 saturated carbocycles. The number of carbonyl (C=O) groups is 1. The van der Waals surface area contributed by atoms with E-state index >= 15 is 0 Å². The fourth-order valence-corrected chi connectivity index (χ4v) is 6.37. The van der Waals surface area contributed by atoms with E-state index in [0.29, 0.717) is 23.9 Å². The molecule has 226 valence electrons. The van der Waals surface area contributed by atoms with Crippen LogP contribution in [0.4, 0.5) is 4.79 Å². The molecule has 0 unspecified atom stereocenters. The second kappa shape index (κ2) is 14.4. The minimum atomic E-state index is -4.04. The van der Waals surface area contributed by atoms with Crippen LogP contribution < -0.4 is 19.5 Å². The zero-order valence-corrected chi connectivity index (χ0v) is 24.6. The SMILES string of the molecule is CC(C)CN(C[C@@H](O)[C@@H](Cc1ccc(OCCCc2ccccc2)cc1)NC(=O)O)S(=O)(=O)c1ccc2c(c1)OCO2. The standard InChI is InChI=1S/C31H38N2O8S/c1-22(2)19-33(42(37,38)26-14-15-29-30(18-26)41-21-40-29)20-28(34)27(32-31(35)36)17-24-10-12-25(13-11-24)39-16-6-9-23-7-4-3-5-8-23/h3-5,7-8,10-15,18,22,27-28,32,34H,6,9,16-17,19-21H2,1-2H3,(H,35,36)/t27-,28-/m1/s1. The molecule has 1 amide bonds. The van der Waals surface area contributed by atoms with Crippen LogP contribution in [0.2, 0.25) is 0 Å². The van der Waals surface area contributed by atoms with Crippen LogP contribution in [-0.2, 0) is 22.9 Å². The van der Waals surface area contributed by atoms with Gasteiger partial charge in [-0.3, -0.25) is 0 Å². The van der Waals surface area contributed by atoms with E-state index in [4.69, 9.17) is 14.2 Å². The number of hydrogen-bond acceptors (Lipinski definition) is 7. The molecule has 0 aromatic heterocycles. The molecular formula is C31H38N2O8S. The summed E-state index contributed by atoms with van der Waals surface area (Å²) in [6.07, 6.45) is -0.701. The van der Waals surface area contributed by atoms with Crippen LogP contribution in [0.1, 0.15) is 31.4 Å². The number of rotatable bonds is 15. The summed E-state index contributed by atoms with van der Waals surface area (Å²) in [6.45, 7) is 4.13. The van der Waals surface area contributed by atoms with Crippen LogP contribution in [0.3, 0.4) is 0 Å². The summed E-state index contributed by atoms with van der Waals surface area (Å²) in [7, 11) is -4.04. The highest BCUT2D eigenvalue weighted by atomic mass is 32.2. The highest BCUT2D eigenvalue weighted by Gasteiger charge is 2.32. The molecule has 0 aliphatic carbocycles. The van der Waals surface area contributed by atoms with Crippen molar-refractivity contribution >= 4 is 16.1 Å². The molecule has 0 bridgehead atoms. The van der Waals surface area contributed by atoms with E-state index < -0.39 is 28.3 Å². The Morgan fingerprint density at radius 3 is 2.38 bits per heavy atom. The van der Waals surface area contributed by atoms with Crippen molar-refractivity contribution in [2.24, 2.45) is 5.92 Å². The number of hydrogen-bond donors (Lipinski definition) is 3. The van der Waals surface area contributed by atoms with Gasteiger partial charge in [-0.15, -0.1) is 0 Å². The summed E-state index contributed by atoms with van der Waals surface area (Å²) in [5.41, 5.74) is 2.01. The van der Waals surface area contributed by atoms with Gasteiger partial charge in [-0.25, -0.2) is 13.2 Å². The van der Waals surface area contributed by atoms with Crippen LogP contribution in [0, 0.1) is 5.92 Å². The van der Waals surface area contributed by atoms with E-state index in [0.717, 1.165) is 18.4 Å². The normalized spacial score (nSPS) is 14.1. The number of aliphatic hydroxyl groups is 1. The number of benzene rings is 3. The van der Waals surface area contributed by atoms with Crippen molar-refractivity contribution in [2.75, 3.05) is 26.5 Å². The molecule has 4 rings (SSSR count). The molecule has 3 aromatic carbocycles. The zero-order valence-electron chi connectivity index (χ0n) is 23.8. The number of amides is 1. The first kappa shape index (κ1) is 31.1. The average Bonchev–Trinajstić information content (AvgIpc) is 3.44. The number of nitrogens with one attached hydrogen (secondary N) is 1. The molecule has 0 radical (unpaired) electrons. The number of ether oxygens (including phenoxy) is 3. The number of sulfonamides is 1. The molecule has 0 spiro atoms. The van der Waals surface area contributed by atoms with Gasteiger partial charge in [0.05, 0.1) is 23.6 Å². The molecule has 1 aliphatic rings. The van der Waals surface area contributed by atoms with Crippen LogP contribution >= 0.6 is 0 Å². The Morgan fingerprint density at radius 2 is 1.69 bits per heavy atom. The zero-order chi connectivity index (χ0) is 30.1.